The third-order valence-electron chi connectivity index (χ3n) is 5.26. The summed E-state index contributed by atoms with van der Waals surface area (Å²) >= 11 is 0. The van der Waals surface area contributed by atoms with E-state index in [0.29, 0.717) is 0 Å². The van der Waals surface area contributed by atoms with Crippen molar-refractivity contribution in [1.82, 2.24) is 24.7 Å². The molecule has 154 valence electrons. The van der Waals surface area contributed by atoms with Gasteiger partial charge in [-0.25, -0.2) is 23.4 Å². The number of pyridine rings is 1. The standard InChI is InChI=1S/C19H25N7O2S/c1-19(2,3)29(27,28)16-6-5-14(11-20-16)25-7-9-26(10-8-25)18-15-12-23-24(4)17(15)21-13-22-18/h5-6,11-13H,7-10H2,1-4H3. The average molecular weight is 416 g/mol. The van der Waals surface area contributed by atoms with Crippen LogP contribution in [0.4, 0.5) is 11.5 Å². The van der Waals surface area contributed by atoms with E-state index < -0.39 is 14.6 Å². The first-order valence-electron chi connectivity index (χ1n) is 9.52. The van der Waals surface area contributed by atoms with Gasteiger partial charge < -0.3 is 9.80 Å². The molecule has 10 heteroatoms. The van der Waals surface area contributed by atoms with Gasteiger partial charge in [0.05, 0.1) is 28.2 Å². The summed E-state index contributed by atoms with van der Waals surface area (Å²) in [4.78, 5) is 17.4. The Morgan fingerprint density at radius 1 is 0.931 bits per heavy atom. The molecule has 1 saturated heterocycles. The molecule has 0 atom stereocenters. The molecule has 0 unspecified atom stereocenters. The van der Waals surface area contributed by atoms with Crippen LogP contribution in [0.15, 0.2) is 35.9 Å². The first-order valence-corrected chi connectivity index (χ1v) is 11.0. The zero-order valence-electron chi connectivity index (χ0n) is 17.1. The van der Waals surface area contributed by atoms with Crippen LogP contribution in [0.3, 0.4) is 0 Å². The van der Waals surface area contributed by atoms with Crippen LogP contribution in [-0.2, 0) is 16.9 Å². The van der Waals surface area contributed by atoms with Gasteiger partial charge in [0, 0.05) is 33.2 Å². The van der Waals surface area contributed by atoms with Crippen LogP contribution in [0, 0.1) is 0 Å². The van der Waals surface area contributed by atoms with E-state index in [4.69, 9.17) is 0 Å². The molecular formula is C19H25N7O2S. The maximum atomic E-state index is 12.5. The second-order valence-electron chi connectivity index (χ2n) is 8.15. The fourth-order valence-corrected chi connectivity index (χ4v) is 4.48. The quantitative estimate of drug-likeness (QED) is 0.637. The maximum Gasteiger partial charge on any atom is 0.200 e. The van der Waals surface area contributed by atoms with Crippen molar-refractivity contribution in [3.05, 3.63) is 30.9 Å². The highest BCUT2D eigenvalue weighted by atomic mass is 32.2. The molecular weight excluding hydrogens is 390 g/mol. The van der Waals surface area contributed by atoms with Gasteiger partial charge in [-0.1, -0.05) is 0 Å². The Kier molecular flexibility index (Phi) is 4.68. The lowest BCUT2D eigenvalue weighted by Crippen LogP contribution is -2.47. The van der Waals surface area contributed by atoms with Crippen molar-refractivity contribution in [3.8, 4) is 0 Å². The zero-order valence-corrected chi connectivity index (χ0v) is 17.9. The highest BCUT2D eigenvalue weighted by Gasteiger charge is 2.32. The SMILES string of the molecule is Cn1ncc2c(N3CCN(c4ccc(S(=O)(=O)C(C)(C)C)nc4)CC3)ncnc21. The summed E-state index contributed by atoms with van der Waals surface area (Å²) in [6.07, 6.45) is 5.03. The maximum absolute atomic E-state index is 12.5. The minimum atomic E-state index is -3.45. The van der Waals surface area contributed by atoms with E-state index in [1.807, 2.05) is 13.1 Å². The molecule has 1 aliphatic heterocycles. The first kappa shape index (κ1) is 19.6. The Labute approximate surface area is 170 Å². The lowest BCUT2D eigenvalue weighted by molar-refractivity contribution is 0.556. The summed E-state index contributed by atoms with van der Waals surface area (Å²) in [6, 6.07) is 3.44. The molecule has 3 aromatic heterocycles. The number of hydrogen-bond acceptors (Lipinski definition) is 8. The van der Waals surface area contributed by atoms with Gasteiger partial charge in [-0.15, -0.1) is 0 Å². The summed E-state index contributed by atoms with van der Waals surface area (Å²) in [7, 11) is -1.58. The molecule has 3 aromatic rings. The van der Waals surface area contributed by atoms with Crippen molar-refractivity contribution in [2.45, 2.75) is 30.5 Å². The van der Waals surface area contributed by atoms with Crippen molar-refractivity contribution in [2.75, 3.05) is 36.0 Å². The van der Waals surface area contributed by atoms with Crippen LogP contribution in [-0.4, -0.2) is 64.1 Å². The summed E-state index contributed by atoms with van der Waals surface area (Å²) in [5.74, 6) is 0.896. The van der Waals surface area contributed by atoms with E-state index in [1.165, 1.54) is 0 Å². The molecule has 0 radical (unpaired) electrons. The van der Waals surface area contributed by atoms with E-state index in [0.717, 1.165) is 48.7 Å². The molecule has 0 spiro atoms. The summed E-state index contributed by atoms with van der Waals surface area (Å²) in [6.45, 7) is 8.22. The summed E-state index contributed by atoms with van der Waals surface area (Å²) in [5.41, 5.74) is 1.74. The minimum absolute atomic E-state index is 0.118. The van der Waals surface area contributed by atoms with Crippen LogP contribution in [0.5, 0.6) is 0 Å². The number of aromatic nitrogens is 5. The van der Waals surface area contributed by atoms with Gasteiger partial charge in [0.1, 0.15) is 12.1 Å². The summed E-state index contributed by atoms with van der Waals surface area (Å²) in [5, 5.41) is 5.34. The minimum Gasteiger partial charge on any atom is -0.367 e. The van der Waals surface area contributed by atoms with Crippen LogP contribution < -0.4 is 9.80 Å². The molecule has 4 heterocycles. The smallest absolute Gasteiger partial charge is 0.200 e. The van der Waals surface area contributed by atoms with E-state index in [2.05, 4.69) is 29.9 Å². The highest BCUT2D eigenvalue weighted by Crippen LogP contribution is 2.27. The van der Waals surface area contributed by atoms with Crippen LogP contribution in [0.1, 0.15) is 20.8 Å². The predicted molar refractivity (Wildman–Crippen MR) is 112 cm³/mol. The number of hydrogen-bond donors (Lipinski definition) is 0. The van der Waals surface area contributed by atoms with Gasteiger partial charge in [0.15, 0.2) is 20.5 Å². The molecule has 4 rings (SSSR count). The van der Waals surface area contributed by atoms with Gasteiger partial charge in [-0.2, -0.15) is 5.10 Å². The Bertz CT molecular complexity index is 1130. The Morgan fingerprint density at radius 3 is 2.24 bits per heavy atom. The number of nitrogens with zero attached hydrogens (tertiary/aromatic N) is 7. The second kappa shape index (κ2) is 6.94. The van der Waals surface area contributed by atoms with Crippen molar-refractivity contribution in [2.24, 2.45) is 7.05 Å². The van der Waals surface area contributed by atoms with Crippen LogP contribution in [0.25, 0.3) is 11.0 Å². The first-order chi connectivity index (χ1) is 13.7. The molecule has 0 aliphatic carbocycles. The second-order valence-corrected chi connectivity index (χ2v) is 10.8. The fraction of sp³-hybridized carbons (Fsp3) is 0.474. The van der Waals surface area contributed by atoms with E-state index in [9.17, 15) is 8.42 Å². The molecule has 0 aromatic carbocycles. The number of fused-ring (bicyclic) bond motifs is 1. The molecule has 0 amide bonds. The van der Waals surface area contributed by atoms with Gasteiger partial charge >= 0.3 is 0 Å². The molecule has 0 saturated carbocycles. The fourth-order valence-electron chi connectivity index (χ4n) is 3.41. The molecule has 0 bridgehead atoms. The summed E-state index contributed by atoms with van der Waals surface area (Å²) < 4.78 is 26.0. The Balaban J connectivity index is 1.49. The van der Waals surface area contributed by atoms with Crippen molar-refractivity contribution < 1.29 is 8.42 Å². The van der Waals surface area contributed by atoms with Gasteiger partial charge in [-0.05, 0) is 32.9 Å². The molecule has 9 nitrogen and oxygen atoms in total. The number of piperazine rings is 1. The van der Waals surface area contributed by atoms with Gasteiger partial charge in [0.2, 0.25) is 0 Å². The molecule has 29 heavy (non-hydrogen) atoms. The molecule has 1 aliphatic rings. The number of aryl methyl sites for hydroxylation is 1. The van der Waals surface area contributed by atoms with Gasteiger partial charge in [-0.3, -0.25) is 4.68 Å². The highest BCUT2D eigenvalue weighted by molar-refractivity contribution is 7.92. The van der Waals surface area contributed by atoms with E-state index in [1.54, 1.807) is 50.2 Å². The molecule has 0 N–H and O–H groups in total. The third kappa shape index (κ3) is 3.41. The van der Waals surface area contributed by atoms with Gasteiger partial charge in [0.25, 0.3) is 0 Å². The van der Waals surface area contributed by atoms with Crippen molar-refractivity contribution >= 4 is 32.4 Å². The lowest BCUT2D eigenvalue weighted by atomic mass is 10.2. The van der Waals surface area contributed by atoms with Crippen LogP contribution in [0.2, 0.25) is 0 Å². The number of rotatable bonds is 3. The Hall–Kier alpha value is -2.75. The average Bonchev–Trinajstić information content (AvgIpc) is 3.09. The monoisotopic (exact) mass is 415 g/mol. The lowest BCUT2D eigenvalue weighted by Gasteiger charge is -2.36. The Morgan fingerprint density at radius 2 is 1.62 bits per heavy atom. The normalized spacial score (nSPS) is 15.9. The van der Waals surface area contributed by atoms with Crippen molar-refractivity contribution in [1.29, 1.82) is 0 Å². The van der Waals surface area contributed by atoms with E-state index in [-0.39, 0.29) is 5.03 Å². The van der Waals surface area contributed by atoms with E-state index >= 15 is 0 Å². The largest absolute Gasteiger partial charge is 0.367 e. The number of sulfone groups is 1. The topological polar surface area (TPSA) is 97.1 Å². The van der Waals surface area contributed by atoms with Crippen molar-refractivity contribution in [3.63, 3.8) is 0 Å². The van der Waals surface area contributed by atoms with Crippen LogP contribution >= 0.6 is 0 Å². The zero-order chi connectivity index (χ0) is 20.8. The molecule has 1 fully saturated rings. The number of anilines is 2. The third-order valence-corrected chi connectivity index (χ3v) is 7.66. The predicted octanol–water partition coefficient (Wildman–Crippen LogP) is 1.66.